The fourth-order valence-electron chi connectivity index (χ4n) is 7.07. The molecule has 0 saturated heterocycles. The largest absolute Gasteiger partial charge is 0.278 e. The number of para-hydroxylation sites is 2. The summed E-state index contributed by atoms with van der Waals surface area (Å²) in [6, 6.07) is 38.2. The van der Waals surface area contributed by atoms with Gasteiger partial charge < -0.3 is 0 Å². The first-order valence-corrected chi connectivity index (χ1v) is 17.3. The lowest BCUT2D eigenvalue weighted by Crippen LogP contribution is -2.17. The lowest BCUT2D eigenvalue weighted by atomic mass is 9.88. The summed E-state index contributed by atoms with van der Waals surface area (Å²) in [6.45, 7) is 0. The van der Waals surface area contributed by atoms with Crippen molar-refractivity contribution in [1.82, 2.24) is 19.5 Å². The lowest BCUT2D eigenvalue weighted by Gasteiger charge is -2.22. The van der Waals surface area contributed by atoms with Crippen molar-refractivity contribution in [1.29, 1.82) is 0 Å². The first-order valence-electron chi connectivity index (χ1n) is 15.2. The van der Waals surface area contributed by atoms with Crippen molar-refractivity contribution in [2.24, 2.45) is 0 Å². The van der Waals surface area contributed by atoms with Crippen molar-refractivity contribution in [2.45, 2.75) is 16.1 Å². The number of rotatable bonds is 3. The second-order valence-electron chi connectivity index (χ2n) is 11.7. The normalized spacial score (nSPS) is 17.2. The zero-order chi connectivity index (χ0) is 30.4. The van der Waals surface area contributed by atoms with Crippen LogP contribution in [0, 0.1) is 0 Å². The van der Waals surface area contributed by atoms with E-state index in [1.807, 2.05) is 17.8 Å². The number of thiophene rings is 1. The number of fused-ring (bicyclic) bond motifs is 9. The van der Waals surface area contributed by atoms with E-state index < -0.39 is 0 Å². The van der Waals surface area contributed by atoms with Crippen LogP contribution in [0.3, 0.4) is 0 Å². The van der Waals surface area contributed by atoms with Crippen molar-refractivity contribution < 1.29 is 0 Å². The Morgan fingerprint density at radius 1 is 0.674 bits per heavy atom. The highest BCUT2D eigenvalue weighted by Gasteiger charge is 2.37. The number of halogens is 1. The van der Waals surface area contributed by atoms with E-state index in [1.165, 1.54) is 20.5 Å². The van der Waals surface area contributed by atoms with Crippen molar-refractivity contribution in [2.75, 3.05) is 0 Å². The monoisotopic (exact) mass is 646 g/mol. The number of nitrogens with zero attached hydrogens (tertiary/aromatic N) is 4. The predicted molar refractivity (Wildman–Crippen MR) is 193 cm³/mol. The van der Waals surface area contributed by atoms with Gasteiger partial charge in [-0.15, -0.1) is 23.1 Å². The zero-order valence-electron chi connectivity index (χ0n) is 24.3. The highest BCUT2D eigenvalue weighted by molar-refractivity contribution is 8.00. The number of thioether (sulfide) groups is 1. The standard InChI is InChI=1S/C39H23ClN4S2/c40-29-20-22(21-34-35(29)27-13-4-8-19-33(27)45-34)37-41-38(28-15-9-14-26-25-12-3-7-18-32(25)46-36(26)28)43-39(42-37)44-30-16-5-1-10-23(30)24-11-2-6-17-31(24)44/h1-21,26,36H. The van der Waals surface area contributed by atoms with Crippen LogP contribution >= 0.6 is 34.7 Å². The Labute approximate surface area is 277 Å². The van der Waals surface area contributed by atoms with Crippen LogP contribution in [-0.4, -0.2) is 24.8 Å². The minimum absolute atomic E-state index is 0.178. The molecule has 46 heavy (non-hydrogen) atoms. The van der Waals surface area contributed by atoms with Gasteiger partial charge >= 0.3 is 0 Å². The molecular weight excluding hydrogens is 624 g/mol. The Bertz CT molecular complexity index is 2560. The third-order valence-corrected chi connectivity index (χ3v) is 12.0. The van der Waals surface area contributed by atoms with E-state index in [0.717, 1.165) is 43.0 Å². The third kappa shape index (κ3) is 3.91. The van der Waals surface area contributed by atoms with Crippen LogP contribution in [-0.2, 0) is 0 Å². The summed E-state index contributed by atoms with van der Waals surface area (Å²) in [7, 11) is 0. The molecule has 0 saturated carbocycles. The molecule has 0 radical (unpaired) electrons. The Balaban J connectivity index is 1.23. The maximum absolute atomic E-state index is 7.05. The van der Waals surface area contributed by atoms with Crippen molar-refractivity contribution in [3.05, 3.63) is 144 Å². The second-order valence-corrected chi connectivity index (χ2v) is 14.4. The highest BCUT2D eigenvalue weighted by Crippen LogP contribution is 2.52. The van der Waals surface area contributed by atoms with Gasteiger partial charge in [0.15, 0.2) is 11.6 Å². The van der Waals surface area contributed by atoms with Gasteiger partial charge in [0.2, 0.25) is 5.95 Å². The van der Waals surface area contributed by atoms with E-state index in [2.05, 4.69) is 126 Å². The minimum Gasteiger partial charge on any atom is -0.278 e. The quantitative estimate of drug-likeness (QED) is 0.192. The Hall–Kier alpha value is -4.75. The van der Waals surface area contributed by atoms with Crippen molar-refractivity contribution >= 4 is 82.3 Å². The molecule has 1 aliphatic carbocycles. The van der Waals surface area contributed by atoms with E-state index in [-0.39, 0.29) is 11.2 Å². The summed E-state index contributed by atoms with van der Waals surface area (Å²) < 4.78 is 4.50. The average Bonchev–Trinajstić information content (AvgIpc) is 3.78. The van der Waals surface area contributed by atoms with Crippen molar-refractivity contribution in [3.8, 4) is 17.3 Å². The number of benzene rings is 5. The molecule has 7 heteroatoms. The zero-order valence-corrected chi connectivity index (χ0v) is 26.7. The Morgan fingerprint density at radius 2 is 1.37 bits per heavy atom. The van der Waals surface area contributed by atoms with Crippen molar-refractivity contribution in [3.63, 3.8) is 0 Å². The van der Waals surface area contributed by atoms with Crippen LogP contribution in [0.2, 0.25) is 5.02 Å². The molecule has 0 fully saturated rings. The van der Waals surface area contributed by atoms with E-state index in [0.29, 0.717) is 22.6 Å². The van der Waals surface area contributed by atoms with Crippen LogP contribution < -0.4 is 0 Å². The number of aromatic nitrogens is 4. The summed E-state index contributed by atoms with van der Waals surface area (Å²) >= 11 is 10.7. The SMILES string of the molecule is Clc1cc(-c2nc(C3=CC=CC4c5ccccc5SC34)nc(-n3c4ccccc4c4ccccc43)n2)cc2sc3ccccc3c12. The molecule has 10 rings (SSSR count). The molecule has 3 aromatic heterocycles. The van der Waals surface area contributed by atoms with Gasteiger partial charge in [-0.3, -0.25) is 4.57 Å². The minimum atomic E-state index is 0.178. The van der Waals surface area contributed by atoms with Crippen LogP contribution in [0.15, 0.2) is 132 Å². The molecule has 0 amide bonds. The highest BCUT2D eigenvalue weighted by atomic mass is 35.5. The summed E-state index contributed by atoms with van der Waals surface area (Å²) in [5.41, 5.74) is 5.46. The summed E-state index contributed by atoms with van der Waals surface area (Å²) in [5, 5.41) is 5.45. The van der Waals surface area contributed by atoms with Gasteiger partial charge in [0.05, 0.1) is 16.1 Å². The molecule has 2 unspecified atom stereocenters. The fraction of sp³-hybridized carbons (Fsp3) is 0.0513. The van der Waals surface area contributed by atoms with Gasteiger partial charge in [0.25, 0.3) is 0 Å². The molecule has 218 valence electrons. The first-order chi connectivity index (χ1) is 22.7. The van der Waals surface area contributed by atoms with Gasteiger partial charge in [0.1, 0.15) is 0 Å². The molecule has 0 N–H and O–H groups in total. The molecule has 8 aromatic rings. The maximum Gasteiger partial charge on any atom is 0.238 e. The van der Waals surface area contributed by atoms with Gasteiger partial charge in [-0.2, -0.15) is 9.97 Å². The molecule has 1 aliphatic heterocycles. The van der Waals surface area contributed by atoms with E-state index in [1.54, 1.807) is 11.3 Å². The first kappa shape index (κ1) is 26.5. The smallest absolute Gasteiger partial charge is 0.238 e. The summed E-state index contributed by atoms with van der Waals surface area (Å²) in [6.07, 6.45) is 6.64. The van der Waals surface area contributed by atoms with Gasteiger partial charge in [-0.25, -0.2) is 4.98 Å². The maximum atomic E-state index is 7.05. The predicted octanol–water partition coefficient (Wildman–Crippen LogP) is 10.9. The molecular formula is C39H23ClN4S2. The fourth-order valence-corrected chi connectivity index (χ4v) is 10.1. The number of hydrogen-bond donors (Lipinski definition) is 0. The van der Waals surface area contributed by atoms with E-state index in [9.17, 15) is 0 Å². The second kappa shape index (κ2) is 10.1. The van der Waals surface area contributed by atoms with Crippen LogP contribution in [0.5, 0.6) is 0 Å². The van der Waals surface area contributed by atoms with Gasteiger partial charge in [0, 0.05) is 58.1 Å². The molecule has 2 aliphatic rings. The molecule has 0 bridgehead atoms. The molecule has 4 heterocycles. The third-order valence-electron chi connectivity index (χ3n) is 9.11. The topological polar surface area (TPSA) is 43.6 Å². The lowest BCUT2D eigenvalue weighted by molar-refractivity contribution is 0.867. The molecule has 5 aromatic carbocycles. The molecule has 2 atom stereocenters. The van der Waals surface area contributed by atoms with E-state index >= 15 is 0 Å². The van der Waals surface area contributed by atoms with Crippen LogP contribution in [0.25, 0.3) is 64.9 Å². The van der Waals surface area contributed by atoms with Crippen LogP contribution in [0.1, 0.15) is 17.3 Å². The van der Waals surface area contributed by atoms with Gasteiger partial charge in [-0.1, -0.05) is 103 Å². The molecule has 0 spiro atoms. The molecule has 4 nitrogen and oxygen atoms in total. The van der Waals surface area contributed by atoms with E-state index in [4.69, 9.17) is 26.6 Å². The summed E-state index contributed by atoms with van der Waals surface area (Å²) in [5.74, 6) is 2.16. The number of hydrogen-bond acceptors (Lipinski definition) is 5. The summed E-state index contributed by atoms with van der Waals surface area (Å²) in [4.78, 5) is 17.0. The Morgan fingerprint density at radius 3 is 2.20 bits per heavy atom. The average molecular weight is 647 g/mol. The van der Waals surface area contributed by atoms with Crippen LogP contribution in [0.4, 0.5) is 0 Å². The number of allylic oxidation sites excluding steroid dienone is 3. The Kier molecular flexibility index (Phi) is 5.83. The van der Waals surface area contributed by atoms with Gasteiger partial charge in [-0.05, 0) is 42.0 Å².